The van der Waals surface area contributed by atoms with Crippen molar-refractivity contribution in [2.24, 2.45) is 5.92 Å². The average Bonchev–Trinajstić information content (AvgIpc) is 2.03. The Labute approximate surface area is 73.9 Å². The van der Waals surface area contributed by atoms with Gasteiger partial charge in [-0.3, -0.25) is 4.79 Å². The van der Waals surface area contributed by atoms with Gasteiger partial charge < -0.3 is 9.84 Å². The molecule has 0 radical (unpaired) electrons. The van der Waals surface area contributed by atoms with Gasteiger partial charge in [0.25, 0.3) is 0 Å². The highest BCUT2D eigenvalue weighted by Crippen LogP contribution is 2.19. The van der Waals surface area contributed by atoms with Gasteiger partial charge in [0.15, 0.2) is 6.29 Å². The van der Waals surface area contributed by atoms with Crippen LogP contribution in [-0.4, -0.2) is 29.1 Å². The van der Waals surface area contributed by atoms with Crippen molar-refractivity contribution < 1.29 is 14.6 Å². The summed E-state index contributed by atoms with van der Waals surface area (Å²) < 4.78 is 4.89. The molecular weight excluding hydrogens is 212 g/mol. The second-order valence-corrected chi connectivity index (χ2v) is 3.21. The maximum absolute atomic E-state index is 11.1. The Hall–Kier alpha value is 0.0700. The van der Waals surface area contributed by atoms with Crippen LogP contribution in [-0.2, 0) is 9.53 Å². The quantitative estimate of drug-likeness (QED) is 0.700. The van der Waals surface area contributed by atoms with Gasteiger partial charge >= 0.3 is 0 Å². The Bertz CT molecular complexity index is 149. The first kappa shape index (κ1) is 9.16. The van der Waals surface area contributed by atoms with E-state index in [4.69, 9.17) is 9.84 Å². The highest BCUT2D eigenvalue weighted by atomic mass is 79.9. The molecule has 1 fully saturated rings. The minimum Gasteiger partial charge on any atom is -0.368 e. The molecule has 0 amide bonds. The van der Waals surface area contributed by atoms with Crippen LogP contribution < -0.4 is 0 Å². The van der Waals surface area contributed by atoms with Crippen molar-refractivity contribution >= 4 is 21.7 Å². The third-order valence-electron chi connectivity index (χ3n) is 1.85. The molecule has 0 spiro atoms. The van der Waals surface area contributed by atoms with Crippen LogP contribution in [0.3, 0.4) is 0 Å². The fourth-order valence-electron chi connectivity index (χ4n) is 1.18. The van der Waals surface area contributed by atoms with E-state index in [1.165, 1.54) is 0 Å². The maximum Gasteiger partial charge on any atom is 0.155 e. The van der Waals surface area contributed by atoms with E-state index in [0.29, 0.717) is 18.4 Å². The van der Waals surface area contributed by atoms with E-state index in [1.807, 2.05) is 0 Å². The Morgan fingerprint density at radius 1 is 1.73 bits per heavy atom. The molecule has 3 nitrogen and oxygen atoms in total. The predicted octanol–water partition coefficient (Wildman–Crippen LogP) is 0.695. The number of carbonyl (C=O) groups excluding carboxylic acids is 1. The van der Waals surface area contributed by atoms with Crippen LogP contribution >= 0.6 is 15.9 Å². The monoisotopic (exact) mass is 222 g/mol. The van der Waals surface area contributed by atoms with E-state index in [9.17, 15) is 4.79 Å². The molecule has 4 heteroatoms. The zero-order valence-electron chi connectivity index (χ0n) is 6.12. The second kappa shape index (κ2) is 4.18. The third kappa shape index (κ3) is 2.54. The lowest BCUT2D eigenvalue weighted by atomic mass is 9.96. The maximum atomic E-state index is 11.1. The molecule has 2 atom stereocenters. The number of alkyl halides is 1. The standard InChI is InChI=1S/C7H11BrO3/c8-4-6(9)5-1-2-11-7(10)3-5/h5,7,10H,1-4H2. The molecule has 11 heavy (non-hydrogen) atoms. The van der Waals surface area contributed by atoms with Crippen molar-refractivity contribution in [3.8, 4) is 0 Å². The number of carbonyl (C=O) groups is 1. The number of halogens is 1. The lowest BCUT2D eigenvalue weighted by Gasteiger charge is -2.24. The molecule has 0 aromatic carbocycles. The number of aliphatic hydroxyl groups is 1. The highest BCUT2D eigenvalue weighted by Gasteiger charge is 2.25. The zero-order chi connectivity index (χ0) is 8.27. The van der Waals surface area contributed by atoms with Crippen molar-refractivity contribution in [2.45, 2.75) is 19.1 Å². The van der Waals surface area contributed by atoms with Gasteiger partial charge in [-0.05, 0) is 6.42 Å². The number of rotatable bonds is 2. The summed E-state index contributed by atoms with van der Waals surface area (Å²) in [6.45, 7) is 0.491. The topological polar surface area (TPSA) is 46.5 Å². The van der Waals surface area contributed by atoms with Crippen molar-refractivity contribution in [2.75, 3.05) is 11.9 Å². The van der Waals surface area contributed by atoms with E-state index in [1.54, 1.807) is 0 Å². The molecule has 0 aromatic heterocycles. The van der Waals surface area contributed by atoms with Gasteiger partial charge in [0, 0.05) is 12.3 Å². The molecule has 64 valence electrons. The summed E-state index contributed by atoms with van der Waals surface area (Å²) in [6, 6.07) is 0. The molecule has 0 saturated carbocycles. The first-order valence-corrected chi connectivity index (χ1v) is 4.74. The molecule has 0 aliphatic carbocycles. The lowest BCUT2D eigenvalue weighted by Crippen LogP contribution is -2.30. The summed E-state index contributed by atoms with van der Waals surface area (Å²) in [7, 11) is 0. The second-order valence-electron chi connectivity index (χ2n) is 2.65. The SMILES string of the molecule is O=C(CBr)C1CCOC(O)C1. The summed E-state index contributed by atoms with van der Waals surface area (Å²) in [4.78, 5) is 11.1. The summed E-state index contributed by atoms with van der Waals surface area (Å²) in [6.07, 6.45) is 0.447. The molecule has 0 aromatic rings. The van der Waals surface area contributed by atoms with Crippen LogP contribution in [0.15, 0.2) is 0 Å². The molecule has 0 bridgehead atoms. The van der Waals surface area contributed by atoms with E-state index < -0.39 is 6.29 Å². The van der Waals surface area contributed by atoms with Crippen molar-refractivity contribution in [3.05, 3.63) is 0 Å². The minimum absolute atomic E-state index is 0.0156. The summed E-state index contributed by atoms with van der Waals surface area (Å²) >= 11 is 3.10. The molecule has 1 aliphatic rings. The molecule has 1 N–H and O–H groups in total. The third-order valence-corrected chi connectivity index (χ3v) is 2.40. The number of hydrogen-bond donors (Lipinski definition) is 1. The average molecular weight is 223 g/mol. The van der Waals surface area contributed by atoms with Crippen LogP contribution in [0.2, 0.25) is 0 Å². The molecule has 1 saturated heterocycles. The predicted molar refractivity (Wildman–Crippen MR) is 43.5 cm³/mol. The van der Waals surface area contributed by atoms with Gasteiger partial charge in [-0.2, -0.15) is 0 Å². The largest absolute Gasteiger partial charge is 0.368 e. The lowest BCUT2D eigenvalue weighted by molar-refractivity contribution is -0.150. The number of ketones is 1. The number of aliphatic hydroxyl groups excluding tert-OH is 1. The van der Waals surface area contributed by atoms with Crippen LogP contribution in [0.25, 0.3) is 0 Å². The van der Waals surface area contributed by atoms with Crippen molar-refractivity contribution in [3.63, 3.8) is 0 Å². The van der Waals surface area contributed by atoms with Gasteiger partial charge in [0.1, 0.15) is 5.78 Å². The smallest absolute Gasteiger partial charge is 0.155 e. The van der Waals surface area contributed by atoms with E-state index in [-0.39, 0.29) is 11.7 Å². The van der Waals surface area contributed by atoms with Crippen LogP contribution in [0.5, 0.6) is 0 Å². The molecule has 1 rings (SSSR count). The molecule has 1 aliphatic heterocycles. The minimum atomic E-state index is -0.739. The highest BCUT2D eigenvalue weighted by molar-refractivity contribution is 9.09. The first-order valence-electron chi connectivity index (χ1n) is 3.62. The van der Waals surface area contributed by atoms with Gasteiger partial charge in [-0.1, -0.05) is 15.9 Å². The van der Waals surface area contributed by atoms with E-state index >= 15 is 0 Å². The molecule has 2 unspecified atom stereocenters. The van der Waals surface area contributed by atoms with Crippen LogP contribution in [0.4, 0.5) is 0 Å². The van der Waals surface area contributed by atoms with Crippen LogP contribution in [0, 0.1) is 5.92 Å². The van der Waals surface area contributed by atoms with Gasteiger partial charge in [0.2, 0.25) is 0 Å². The van der Waals surface area contributed by atoms with E-state index in [0.717, 1.165) is 6.42 Å². The number of ether oxygens (including phenoxy) is 1. The Balaban J connectivity index is 2.39. The van der Waals surface area contributed by atoms with Gasteiger partial charge in [0.05, 0.1) is 11.9 Å². The normalized spacial score (nSPS) is 31.8. The summed E-state index contributed by atoms with van der Waals surface area (Å²) in [5.74, 6) is 0.144. The Kier molecular flexibility index (Phi) is 3.48. The molecular formula is C7H11BrO3. The number of Topliss-reactive ketones (excluding diaryl/α,β-unsaturated/α-hetero) is 1. The fourth-order valence-corrected chi connectivity index (χ4v) is 1.64. The fraction of sp³-hybridized carbons (Fsp3) is 0.857. The van der Waals surface area contributed by atoms with Crippen LogP contribution in [0.1, 0.15) is 12.8 Å². The Morgan fingerprint density at radius 3 is 3.00 bits per heavy atom. The summed E-state index contributed by atoms with van der Waals surface area (Å²) in [5.41, 5.74) is 0. The van der Waals surface area contributed by atoms with Crippen molar-refractivity contribution in [1.82, 2.24) is 0 Å². The van der Waals surface area contributed by atoms with Gasteiger partial charge in [-0.15, -0.1) is 0 Å². The van der Waals surface area contributed by atoms with Gasteiger partial charge in [-0.25, -0.2) is 0 Å². The zero-order valence-corrected chi connectivity index (χ0v) is 7.71. The van der Waals surface area contributed by atoms with Crippen molar-refractivity contribution in [1.29, 1.82) is 0 Å². The van der Waals surface area contributed by atoms with E-state index in [2.05, 4.69) is 15.9 Å². The first-order chi connectivity index (χ1) is 5.24. The molecule has 1 heterocycles. The number of hydrogen-bond acceptors (Lipinski definition) is 3. The Morgan fingerprint density at radius 2 is 2.45 bits per heavy atom. The summed E-state index contributed by atoms with van der Waals surface area (Å²) in [5, 5.41) is 9.41.